The van der Waals surface area contributed by atoms with E-state index < -0.39 is 10.5 Å². The van der Waals surface area contributed by atoms with Crippen LogP contribution < -0.4 is 15.9 Å². The Labute approximate surface area is 126 Å². The highest BCUT2D eigenvalue weighted by molar-refractivity contribution is 5.99. The third kappa shape index (κ3) is 3.86. The molecule has 2 aromatic carbocycles. The average molecular weight is 304 g/mol. The van der Waals surface area contributed by atoms with E-state index >= 15 is 0 Å². The van der Waals surface area contributed by atoms with Gasteiger partial charge in [-0.2, -0.15) is 15.6 Å². The predicted octanol–water partition coefficient (Wildman–Crippen LogP) is 0.330. The van der Waals surface area contributed by atoms with Crippen LogP contribution in [0.2, 0.25) is 0 Å². The van der Waals surface area contributed by atoms with Gasteiger partial charge in [-0.05, 0) is 18.6 Å². The van der Waals surface area contributed by atoms with Crippen molar-refractivity contribution in [2.24, 2.45) is 5.10 Å². The molecule has 116 valence electrons. The summed E-state index contributed by atoms with van der Waals surface area (Å²) in [5.74, 6) is 0. The first-order valence-electron chi connectivity index (χ1n) is 6.45. The maximum absolute atomic E-state index is 11.2. The van der Waals surface area contributed by atoms with E-state index in [-0.39, 0.29) is 17.1 Å². The van der Waals surface area contributed by atoms with Crippen LogP contribution in [0.5, 0.6) is 0 Å². The summed E-state index contributed by atoms with van der Waals surface area (Å²) in [7, 11) is 0. The van der Waals surface area contributed by atoms with Crippen LogP contribution in [0.1, 0.15) is 12.5 Å². The van der Waals surface area contributed by atoms with Crippen molar-refractivity contribution in [3.63, 3.8) is 0 Å². The van der Waals surface area contributed by atoms with E-state index in [1.165, 1.54) is 12.1 Å². The number of anilines is 1. The molecule has 8 nitrogen and oxygen atoms in total. The zero-order chi connectivity index (χ0) is 16.1. The van der Waals surface area contributed by atoms with Gasteiger partial charge in [0, 0.05) is 6.07 Å². The maximum Gasteiger partial charge on any atom is 0.195 e. The molecule has 2 aromatic rings. The van der Waals surface area contributed by atoms with Crippen LogP contribution in [0, 0.1) is 10.4 Å². The number of hydrazone groups is 1. The Morgan fingerprint density at radius 2 is 1.73 bits per heavy atom. The minimum Gasteiger partial charge on any atom is -0.595 e. The molecule has 0 heterocycles. The van der Waals surface area contributed by atoms with Gasteiger partial charge in [0.1, 0.15) is 5.69 Å². The predicted molar refractivity (Wildman–Crippen MR) is 80.3 cm³/mol. The molecule has 0 aliphatic rings. The van der Waals surface area contributed by atoms with Gasteiger partial charge in [-0.25, -0.2) is 10.4 Å². The highest BCUT2D eigenvalue weighted by atomic mass is 16.8. The molecule has 0 aromatic heterocycles. The summed E-state index contributed by atoms with van der Waals surface area (Å²) >= 11 is 0. The van der Waals surface area contributed by atoms with E-state index in [1.54, 1.807) is 6.92 Å². The van der Waals surface area contributed by atoms with E-state index in [1.807, 2.05) is 30.3 Å². The highest BCUT2D eigenvalue weighted by Gasteiger charge is 2.13. The third-order valence-corrected chi connectivity index (χ3v) is 3.03. The molecule has 0 radical (unpaired) electrons. The molecule has 5 N–H and O–H groups in total. The van der Waals surface area contributed by atoms with Gasteiger partial charge in [0.05, 0.1) is 11.8 Å². The maximum atomic E-state index is 11.2. The summed E-state index contributed by atoms with van der Waals surface area (Å²) in [4.78, 5) is 0. The molecule has 0 saturated carbocycles. The second-order valence-electron chi connectivity index (χ2n) is 4.55. The Bertz CT molecular complexity index is 659. The first-order chi connectivity index (χ1) is 10.5. The number of hydrogen-bond acceptors (Lipinski definition) is 6. The van der Waals surface area contributed by atoms with E-state index in [0.717, 1.165) is 11.6 Å². The molecular weight excluding hydrogens is 288 g/mol. The lowest BCUT2D eigenvalue weighted by Crippen LogP contribution is -3.00. The molecule has 0 bridgehead atoms. The van der Waals surface area contributed by atoms with Crippen molar-refractivity contribution >= 4 is 22.8 Å². The van der Waals surface area contributed by atoms with Crippen LogP contribution >= 0.6 is 0 Å². The normalized spacial score (nSPS) is 14.5. The second-order valence-corrected chi connectivity index (χ2v) is 4.55. The number of nitrogens with one attached hydrogen (secondary N) is 3. The summed E-state index contributed by atoms with van der Waals surface area (Å²) in [5, 5.41) is 41.9. The first-order valence-corrected chi connectivity index (χ1v) is 6.45. The number of hydrogen-bond donors (Lipinski definition) is 5. The molecule has 0 saturated heterocycles. The fourth-order valence-electron chi connectivity index (χ4n) is 1.84. The molecule has 2 rings (SSSR count). The summed E-state index contributed by atoms with van der Waals surface area (Å²) in [5.41, 5.74) is 4.24. The van der Waals surface area contributed by atoms with Crippen molar-refractivity contribution in [1.29, 1.82) is 0 Å². The Morgan fingerprint density at radius 1 is 1.05 bits per heavy atom. The van der Waals surface area contributed by atoms with Crippen molar-refractivity contribution in [2.75, 3.05) is 5.43 Å². The minimum absolute atomic E-state index is 0.0910. The Hall–Kier alpha value is -2.33. The van der Waals surface area contributed by atoms with E-state index in [9.17, 15) is 15.6 Å². The Morgan fingerprint density at radius 3 is 2.32 bits per heavy atom. The van der Waals surface area contributed by atoms with Gasteiger partial charge in [-0.3, -0.25) is 5.43 Å². The molecule has 0 aliphatic carbocycles. The van der Waals surface area contributed by atoms with Crippen LogP contribution in [-0.4, -0.2) is 16.1 Å². The quantitative estimate of drug-likeness (QED) is 0.403. The standard InChI is InChI=1S/C14H16N4O4/c1-10(11-5-3-2-4-6-11)15-16-13-8-7-12(17(19)20)9-14(13)18(21)22/h2-9,16-19,21H,1H3/b15-10+. The van der Waals surface area contributed by atoms with Crippen molar-refractivity contribution in [2.45, 2.75) is 6.92 Å². The van der Waals surface area contributed by atoms with Crippen molar-refractivity contribution in [3.8, 4) is 0 Å². The van der Waals surface area contributed by atoms with Crippen LogP contribution in [0.4, 0.5) is 17.1 Å². The molecule has 0 fully saturated rings. The van der Waals surface area contributed by atoms with Crippen LogP contribution in [0.15, 0.2) is 53.6 Å². The molecule has 0 spiro atoms. The summed E-state index contributed by atoms with van der Waals surface area (Å²) in [6.45, 7) is 1.79. The molecule has 2 unspecified atom stereocenters. The van der Waals surface area contributed by atoms with Gasteiger partial charge in [0.25, 0.3) is 0 Å². The fourth-order valence-corrected chi connectivity index (χ4v) is 1.84. The van der Waals surface area contributed by atoms with E-state index in [2.05, 4.69) is 10.5 Å². The third-order valence-electron chi connectivity index (χ3n) is 3.03. The van der Waals surface area contributed by atoms with Crippen LogP contribution in [0.3, 0.4) is 0 Å². The van der Waals surface area contributed by atoms with Gasteiger partial charge in [-0.1, -0.05) is 30.3 Å². The smallest absolute Gasteiger partial charge is 0.195 e. The van der Waals surface area contributed by atoms with Crippen molar-refractivity contribution < 1.29 is 20.9 Å². The summed E-state index contributed by atoms with van der Waals surface area (Å²) < 4.78 is 0. The lowest BCUT2D eigenvalue weighted by atomic mass is 10.1. The van der Waals surface area contributed by atoms with E-state index in [0.29, 0.717) is 5.71 Å². The number of rotatable bonds is 5. The molecule has 2 atom stereocenters. The highest BCUT2D eigenvalue weighted by Crippen LogP contribution is 2.20. The monoisotopic (exact) mass is 304 g/mol. The van der Waals surface area contributed by atoms with Gasteiger partial charge >= 0.3 is 0 Å². The largest absolute Gasteiger partial charge is 0.595 e. The zero-order valence-electron chi connectivity index (χ0n) is 11.8. The minimum atomic E-state index is -1.22. The Balaban J connectivity index is 2.26. The first kappa shape index (κ1) is 16.0. The second kappa shape index (κ2) is 7.09. The van der Waals surface area contributed by atoms with Crippen LogP contribution in [-0.2, 0) is 0 Å². The molecule has 0 amide bonds. The van der Waals surface area contributed by atoms with Crippen molar-refractivity contribution in [1.82, 2.24) is 0 Å². The number of benzene rings is 2. The lowest BCUT2D eigenvalue weighted by Gasteiger charge is -2.18. The zero-order valence-corrected chi connectivity index (χ0v) is 11.8. The van der Waals surface area contributed by atoms with Crippen molar-refractivity contribution in [3.05, 3.63) is 64.5 Å². The van der Waals surface area contributed by atoms with Gasteiger partial charge in [-0.15, -0.1) is 0 Å². The molecule has 0 aliphatic heterocycles. The molecular formula is C14H16N4O4. The van der Waals surface area contributed by atoms with Gasteiger partial charge < -0.3 is 10.4 Å². The molecule has 22 heavy (non-hydrogen) atoms. The molecule has 8 heteroatoms. The fraction of sp³-hybridized carbons (Fsp3) is 0.0714. The van der Waals surface area contributed by atoms with Gasteiger partial charge in [0.15, 0.2) is 11.4 Å². The summed E-state index contributed by atoms with van der Waals surface area (Å²) in [6.07, 6.45) is 0. The lowest BCUT2D eigenvalue weighted by molar-refractivity contribution is -0.996. The summed E-state index contributed by atoms with van der Waals surface area (Å²) in [6, 6.07) is 13.2. The number of nitrogens with zero attached hydrogens (tertiary/aromatic N) is 1. The van der Waals surface area contributed by atoms with Crippen LogP contribution in [0.25, 0.3) is 0 Å². The van der Waals surface area contributed by atoms with E-state index in [4.69, 9.17) is 5.21 Å². The Kier molecular flexibility index (Phi) is 5.17. The average Bonchev–Trinajstić information content (AvgIpc) is 2.53. The van der Waals surface area contributed by atoms with Gasteiger partial charge in [0.2, 0.25) is 0 Å². The topological polar surface area (TPSA) is 120 Å². The SMILES string of the molecule is C/C(=N\Nc1ccc([NH+]([O-])O)cc1[NH+]([O-])O)c1ccccc1. The number of quaternary nitrogens is 2.